The third kappa shape index (κ3) is 15.8. The Labute approximate surface area is 244 Å². The molecule has 240 valence electrons. The van der Waals surface area contributed by atoms with E-state index in [0.717, 1.165) is 38.4 Å². The Morgan fingerprint density at radius 2 is 1.34 bits per heavy atom. The molecule has 0 aromatic carbocycles. The van der Waals surface area contributed by atoms with Crippen LogP contribution in [0.3, 0.4) is 0 Å². The summed E-state index contributed by atoms with van der Waals surface area (Å²) < 4.78 is 27.8. The highest BCUT2D eigenvalue weighted by atomic mass is 32.2. The predicted molar refractivity (Wildman–Crippen MR) is 154 cm³/mol. The van der Waals surface area contributed by atoms with E-state index in [-0.39, 0.29) is 52.4 Å². The molecule has 0 spiro atoms. The maximum Gasteiger partial charge on any atom is 0.317 e. The van der Waals surface area contributed by atoms with Gasteiger partial charge in [-0.15, -0.1) is 0 Å². The van der Waals surface area contributed by atoms with Crippen LogP contribution in [0.15, 0.2) is 0 Å². The molecular weight excluding hydrogens is 558 g/mol. The molecule has 0 aromatic rings. The minimum atomic E-state index is -3.81. The molecule has 0 saturated carbocycles. The van der Waals surface area contributed by atoms with Crippen molar-refractivity contribution in [1.82, 2.24) is 24.3 Å². The smallest absolute Gasteiger partial charge is 0.317 e. The number of carboxylic acid groups (broad SMARTS) is 3. The van der Waals surface area contributed by atoms with Gasteiger partial charge in [-0.1, -0.05) is 39.0 Å². The lowest BCUT2D eigenvalue weighted by Gasteiger charge is -2.44. The normalized spacial score (nSPS) is 20.9. The Balaban J connectivity index is 3.48. The number of sulfonamides is 1. The van der Waals surface area contributed by atoms with Gasteiger partial charge in [-0.2, -0.15) is 4.31 Å². The molecule has 1 fully saturated rings. The number of nitrogens with zero attached hydrogens (tertiary/aromatic N) is 4. The molecule has 2 atom stereocenters. The summed E-state index contributed by atoms with van der Waals surface area (Å²) in [5.74, 6) is -3.24. The molecule has 0 aliphatic carbocycles. The van der Waals surface area contributed by atoms with Gasteiger partial charge in [-0.25, -0.2) is 8.42 Å². The topological polar surface area (TPSA) is 191 Å². The fraction of sp³-hybridized carbons (Fsp3) is 0.885. The fourth-order valence-corrected chi connectivity index (χ4v) is 6.34. The van der Waals surface area contributed by atoms with Gasteiger partial charge in [0.2, 0.25) is 10.0 Å². The first-order valence-corrected chi connectivity index (χ1v) is 16.4. The van der Waals surface area contributed by atoms with Crippen LogP contribution >= 0.6 is 0 Å². The Morgan fingerprint density at radius 1 is 0.805 bits per heavy atom. The molecule has 0 amide bonds. The van der Waals surface area contributed by atoms with Crippen LogP contribution in [0.25, 0.3) is 0 Å². The van der Waals surface area contributed by atoms with Crippen LogP contribution in [-0.2, 0) is 24.4 Å². The zero-order chi connectivity index (χ0) is 30.8. The van der Waals surface area contributed by atoms with Crippen molar-refractivity contribution in [2.75, 3.05) is 78.3 Å². The van der Waals surface area contributed by atoms with Gasteiger partial charge in [0.15, 0.2) is 0 Å². The quantitative estimate of drug-likeness (QED) is 0.129. The molecule has 5 N–H and O–H groups in total. The highest BCUT2D eigenvalue weighted by molar-refractivity contribution is 7.88. The minimum Gasteiger partial charge on any atom is -0.480 e. The first kappa shape index (κ1) is 37.1. The summed E-state index contributed by atoms with van der Waals surface area (Å²) in [5, 5.41) is 41.6. The molecule has 1 aliphatic rings. The number of hydrogen-bond donors (Lipinski definition) is 5. The SMILES string of the molecule is CCCCCCCCN(C1C(CCCO)NCCN(CC(=O)O)CCN(CC(=O)O)CCN1CC(=O)O)S(C)(=O)=O. The van der Waals surface area contributed by atoms with E-state index in [1.54, 1.807) is 14.7 Å². The molecule has 1 saturated heterocycles. The summed E-state index contributed by atoms with van der Waals surface area (Å²) in [6.45, 7) is 2.45. The molecule has 2 unspecified atom stereocenters. The van der Waals surface area contributed by atoms with Crippen LogP contribution < -0.4 is 5.32 Å². The van der Waals surface area contributed by atoms with Crippen LogP contribution in [0, 0.1) is 0 Å². The predicted octanol–water partition coefficient (Wildman–Crippen LogP) is -0.161. The van der Waals surface area contributed by atoms with Gasteiger partial charge in [0.25, 0.3) is 0 Å². The lowest BCUT2D eigenvalue weighted by atomic mass is 10.1. The van der Waals surface area contributed by atoms with Crippen molar-refractivity contribution in [2.24, 2.45) is 0 Å². The number of hydrogen-bond acceptors (Lipinski definition) is 10. The van der Waals surface area contributed by atoms with Crippen molar-refractivity contribution in [3.05, 3.63) is 0 Å². The largest absolute Gasteiger partial charge is 0.480 e. The average Bonchev–Trinajstić information content (AvgIpc) is 2.86. The number of aliphatic hydroxyl groups excluding tert-OH is 1. The second-order valence-corrected chi connectivity index (χ2v) is 12.6. The average molecular weight is 610 g/mol. The van der Waals surface area contributed by atoms with E-state index in [1.807, 2.05) is 0 Å². The molecule has 1 aliphatic heterocycles. The maximum absolute atomic E-state index is 13.2. The monoisotopic (exact) mass is 609 g/mol. The molecule has 41 heavy (non-hydrogen) atoms. The van der Waals surface area contributed by atoms with E-state index >= 15 is 0 Å². The van der Waals surface area contributed by atoms with Crippen molar-refractivity contribution in [3.8, 4) is 0 Å². The standard InChI is InChI=1S/C26H51N5O9S/c1-3-4-5-6-7-8-12-31(41(2,39)40)26-22(10-9-18-32)27-11-13-28(19-23(33)34)14-15-29(20-24(35)36)16-17-30(26)21-25(37)38/h22,26-27,32H,3-21H2,1-2H3,(H,33,34)(H,35,36)(H,37,38). The van der Waals surface area contributed by atoms with E-state index in [4.69, 9.17) is 0 Å². The number of unbranched alkanes of at least 4 members (excludes halogenated alkanes) is 5. The van der Waals surface area contributed by atoms with E-state index in [1.165, 1.54) is 4.31 Å². The van der Waals surface area contributed by atoms with Crippen LogP contribution in [0.4, 0.5) is 0 Å². The Bertz CT molecular complexity index is 893. The lowest BCUT2D eigenvalue weighted by molar-refractivity contribution is -0.141. The zero-order valence-corrected chi connectivity index (χ0v) is 25.4. The lowest BCUT2D eigenvalue weighted by Crippen LogP contribution is -2.63. The van der Waals surface area contributed by atoms with Crippen molar-refractivity contribution in [2.45, 2.75) is 70.5 Å². The molecule has 15 heteroatoms. The third-order valence-corrected chi connectivity index (χ3v) is 8.44. The highest BCUT2D eigenvalue weighted by Crippen LogP contribution is 2.21. The van der Waals surface area contributed by atoms with E-state index in [9.17, 15) is 43.2 Å². The number of rotatable bonds is 18. The summed E-state index contributed by atoms with van der Waals surface area (Å²) in [4.78, 5) is 39.9. The maximum atomic E-state index is 13.2. The minimum absolute atomic E-state index is 0.0724. The summed E-state index contributed by atoms with van der Waals surface area (Å²) in [7, 11) is -3.81. The van der Waals surface area contributed by atoms with Gasteiger partial charge in [-0.05, 0) is 19.3 Å². The van der Waals surface area contributed by atoms with Crippen molar-refractivity contribution in [3.63, 3.8) is 0 Å². The van der Waals surface area contributed by atoms with Gasteiger partial charge in [0, 0.05) is 58.5 Å². The number of nitrogens with one attached hydrogen (secondary N) is 1. The van der Waals surface area contributed by atoms with Gasteiger partial charge in [0.1, 0.15) is 0 Å². The van der Waals surface area contributed by atoms with Crippen molar-refractivity contribution < 1.29 is 43.2 Å². The first-order valence-electron chi connectivity index (χ1n) is 14.5. The molecule has 1 rings (SSSR count). The Hall–Kier alpha value is -1.88. The molecule has 14 nitrogen and oxygen atoms in total. The van der Waals surface area contributed by atoms with Crippen molar-refractivity contribution >= 4 is 27.9 Å². The highest BCUT2D eigenvalue weighted by Gasteiger charge is 2.38. The summed E-state index contributed by atoms with van der Waals surface area (Å²) in [6, 6.07) is -0.574. The first-order chi connectivity index (χ1) is 19.4. The molecular formula is C26H51N5O9S. The van der Waals surface area contributed by atoms with E-state index in [2.05, 4.69) is 12.2 Å². The number of aliphatic hydroxyl groups is 1. The van der Waals surface area contributed by atoms with Gasteiger partial charge in [-0.3, -0.25) is 29.1 Å². The summed E-state index contributed by atoms with van der Waals surface area (Å²) in [6.07, 6.45) is 6.50. The van der Waals surface area contributed by atoms with Crippen LogP contribution in [-0.4, -0.2) is 156 Å². The number of aliphatic carboxylic acids is 3. The van der Waals surface area contributed by atoms with Gasteiger partial charge >= 0.3 is 17.9 Å². The summed E-state index contributed by atoms with van der Waals surface area (Å²) in [5.41, 5.74) is 0. The van der Waals surface area contributed by atoms with Gasteiger partial charge in [0.05, 0.1) is 32.1 Å². The molecule has 0 radical (unpaired) electrons. The van der Waals surface area contributed by atoms with E-state index in [0.29, 0.717) is 32.4 Å². The Morgan fingerprint density at radius 3 is 1.88 bits per heavy atom. The van der Waals surface area contributed by atoms with Crippen LogP contribution in [0.1, 0.15) is 58.3 Å². The number of carboxylic acids is 3. The third-order valence-electron chi connectivity index (χ3n) is 7.19. The second-order valence-electron chi connectivity index (χ2n) is 10.7. The number of carbonyl (C=O) groups is 3. The van der Waals surface area contributed by atoms with Crippen LogP contribution in [0.2, 0.25) is 0 Å². The molecule has 0 aromatic heterocycles. The molecule has 1 heterocycles. The van der Waals surface area contributed by atoms with E-state index < -0.39 is 46.7 Å². The summed E-state index contributed by atoms with van der Waals surface area (Å²) >= 11 is 0. The Kier molecular flexibility index (Phi) is 18.2. The van der Waals surface area contributed by atoms with Crippen LogP contribution in [0.5, 0.6) is 0 Å². The van der Waals surface area contributed by atoms with Gasteiger partial charge < -0.3 is 25.7 Å². The zero-order valence-electron chi connectivity index (χ0n) is 24.6. The molecule has 0 bridgehead atoms. The van der Waals surface area contributed by atoms with Crippen molar-refractivity contribution in [1.29, 1.82) is 0 Å². The second kappa shape index (κ2) is 20.1. The fourth-order valence-electron chi connectivity index (χ4n) is 5.21.